The first-order valence-corrected chi connectivity index (χ1v) is 6.75. The predicted octanol–water partition coefficient (Wildman–Crippen LogP) is 4.52. The molecule has 0 aliphatic carbocycles. The summed E-state index contributed by atoms with van der Waals surface area (Å²) < 4.78 is 0. The number of aryl methyl sites for hydroxylation is 1. The Morgan fingerprint density at radius 2 is 1.82 bits per heavy atom. The highest BCUT2D eigenvalue weighted by Gasteiger charge is 2.02. The first-order chi connectivity index (χ1) is 8.15. The number of rotatable bonds is 3. The van der Waals surface area contributed by atoms with E-state index in [1.54, 1.807) is 11.8 Å². The van der Waals surface area contributed by atoms with Crippen LogP contribution in [-0.2, 0) is 5.75 Å². The molecule has 2 rings (SSSR count). The maximum Gasteiger partial charge on any atom is 0.0453 e. The number of halogens is 1. The molecule has 1 nitrogen and oxygen atoms in total. The van der Waals surface area contributed by atoms with Crippen molar-refractivity contribution in [1.29, 1.82) is 0 Å². The monoisotopic (exact) mass is 263 g/mol. The third-order valence-electron chi connectivity index (χ3n) is 2.49. The molecule has 0 aliphatic heterocycles. The van der Waals surface area contributed by atoms with Gasteiger partial charge in [0.1, 0.15) is 0 Å². The molecule has 88 valence electrons. The first-order valence-electron chi connectivity index (χ1n) is 5.38. The highest BCUT2D eigenvalue weighted by molar-refractivity contribution is 7.98. The van der Waals surface area contributed by atoms with Gasteiger partial charge in [-0.05, 0) is 30.7 Å². The smallest absolute Gasteiger partial charge is 0.0453 e. The van der Waals surface area contributed by atoms with Crippen molar-refractivity contribution in [1.82, 2.24) is 0 Å². The van der Waals surface area contributed by atoms with Crippen molar-refractivity contribution in [2.24, 2.45) is 0 Å². The molecule has 0 bridgehead atoms. The summed E-state index contributed by atoms with van der Waals surface area (Å²) in [4.78, 5) is 1.04. The van der Waals surface area contributed by atoms with E-state index in [0.29, 0.717) is 0 Å². The summed E-state index contributed by atoms with van der Waals surface area (Å²) >= 11 is 7.66. The van der Waals surface area contributed by atoms with Crippen molar-refractivity contribution in [3.8, 4) is 0 Å². The third-order valence-corrected chi connectivity index (χ3v) is 3.87. The summed E-state index contributed by atoms with van der Waals surface area (Å²) in [6.07, 6.45) is 0. The van der Waals surface area contributed by atoms with Crippen molar-refractivity contribution in [2.45, 2.75) is 17.6 Å². The Kier molecular flexibility index (Phi) is 3.97. The van der Waals surface area contributed by atoms with Gasteiger partial charge in [-0.3, -0.25) is 0 Å². The number of nitrogens with two attached hydrogens (primary N) is 1. The molecule has 2 aromatic rings. The lowest BCUT2D eigenvalue weighted by Crippen LogP contribution is -1.89. The largest absolute Gasteiger partial charge is 0.398 e. The zero-order valence-electron chi connectivity index (χ0n) is 9.61. The number of nitrogen functional groups attached to an aromatic ring is 1. The fourth-order valence-electron chi connectivity index (χ4n) is 1.48. The van der Waals surface area contributed by atoms with Crippen LogP contribution >= 0.6 is 23.4 Å². The lowest BCUT2D eigenvalue weighted by molar-refractivity contribution is 1.35. The predicted molar refractivity (Wildman–Crippen MR) is 76.6 cm³/mol. The van der Waals surface area contributed by atoms with Gasteiger partial charge in [0.25, 0.3) is 0 Å². The minimum Gasteiger partial charge on any atom is -0.398 e. The van der Waals surface area contributed by atoms with Crippen LogP contribution in [0.5, 0.6) is 0 Å². The first kappa shape index (κ1) is 12.3. The van der Waals surface area contributed by atoms with Gasteiger partial charge in [-0.25, -0.2) is 0 Å². The Balaban J connectivity index is 2.07. The van der Waals surface area contributed by atoms with Crippen LogP contribution in [0.4, 0.5) is 5.69 Å². The van der Waals surface area contributed by atoms with Crippen LogP contribution in [0.25, 0.3) is 0 Å². The quantitative estimate of drug-likeness (QED) is 0.651. The average Bonchev–Trinajstić information content (AvgIpc) is 2.32. The van der Waals surface area contributed by atoms with Gasteiger partial charge < -0.3 is 5.73 Å². The number of anilines is 1. The Morgan fingerprint density at radius 1 is 1.12 bits per heavy atom. The Labute approximate surface area is 111 Å². The second kappa shape index (κ2) is 5.48. The molecule has 17 heavy (non-hydrogen) atoms. The summed E-state index contributed by atoms with van der Waals surface area (Å²) in [6, 6.07) is 14.1. The van der Waals surface area contributed by atoms with Gasteiger partial charge in [0.05, 0.1) is 0 Å². The maximum atomic E-state index is 5.95. The van der Waals surface area contributed by atoms with E-state index in [4.69, 9.17) is 17.3 Å². The van der Waals surface area contributed by atoms with Crippen LogP contribution in [0.2, 0.25) is 5.02 Å². The molecule has 0 aliphatic rings. The van der Waals surface area contributed by atoms with Crippen molar-refractivity contribution < 1.29 is 0 Å². The van der Waals surface area contributed by atoms with E-state index in [2.05, 4.69) is 31.2 Å². The molecule has 2 N–H and O–H groups in total. The Bertz CT molecular complexity index is 508. The zero-order valence-corrected chi connectivity index (χ0v) is 11.2. The van der Waals surface area contributed by atoms with Crippen LogP contribution in [0.1, 0.15) is 11.1 Å². The minimum atomic E-state index is 0.727. The van der Waals surface area contributed by atoms with Crippen LogP contribution in [0, 0.1) is 6.92 Å². The number of thioether (sulfide) groups is 1. The van der Waals surface area contributed by atoms with Gasteiger partial charge in [-0.1, -0.05) is 41.4 Å². The minimum absolute atomic E-state index is 0.727. The van der Waals surface area contributed by atoms with E-state index >= 15 is 0 Å². The second-order valence-electron chi connectivity index (χ2n) is 3.96. The molecule has 2 aromatic carbocycles. The molecule has 0 heterocycles. The molecule has 0 saturated carbocycles. The van der Waals surface area contributed by atoms with Gasteiger partial charge in [0.15, 0.2) is 0 Å². The lowest BCUT2D eigenvalue weighted by Gasteiger charge is -2.06. The van der Waals surface area contributed by atoms with Crippen molar-refractivity contribution in [3.63, 3.8) is 0 Å². The summed E-state index contributed by atoms with van der Waals surface area (Å²) in [6.45, 7) is 2.09. The highest BCUT2D eigenvalue weighted by Crippen LogP contribution is 2.30. The molecule has 0 fully saturated rings. The molecule has 0 unspecified atom stereocenters. The van der Waals surface area contributed by atoms with Crippen molar-refractivity contribution >= 4 is 29.1 Å². The van der Waals surface area contributed by atoms with E-state index in [1.165, 1.54) is 11.1 Å². The number of hydrogen-bond acceptors (Lipinski definition) is 2. The van der Waals surface area contributed by atoms with E-state index in [9.17, 15) is 0 Å². The Hall–Kier alpha value is -1.12. The molecule has 3 heteroatoms. The molecule has 0 saturated heterocycles. The van der Waals surface area contributed by atoms with Crippen LogP contribution in [0.15, 0.2) is 47.4 Å². The van der Waals surface area contributed by atoms with Crippen LogP contribution in [0.3, 0.4) is 0 Å². The van der Waals surface area contributed by atoms with Crippen molar-refractivity contribution in [2.75, 3.05) is 5.73 Å². The van der Waals surface area contributed by atoms with Gasteiger partial charge >= 0.3 is 0 Å². The molecular formula is C14H14ClNS. The molecule has 0 atom stereocenters. The molecular weight excluding hydrogens is 250 g/mol. The lowest BCUT2D eigenvalue weighted by atomic mass is 10.2. The topological polar surface area (TPSA) is 26.0 Å². The molecule has 0 radical (unpaired) electrons. The fourth-order valence-corrected chi connectivity index (χ4v) is 2.68. The van der Waals surface area contributed by atoms with Gasteiger partial charge in [-0.2, -0.15) is 0 Å². The van der Waals surface area contributed by atoms with Gasteiger partial charge in [0.2, 0.25) is 0 Å². The van der Waals surface area contributed by atoms with Gasteiger partial charge in [-0.15, -0.1) is 11.8 Å². The summed E-state index contributed by atoms with van der Waals surface area (Å²) in [5.41, 5.74) is 9.25. The standard InChI is InChI=1S/C14H14ClNS/c1-10-2-4-11(5-3-10)9-17-14-8-12(15)6-7-13(14)16/h2-8H,9,16H2,1H3. The van der Waals surface area contributed by atoms with E-state index in [-0.39, 0.29) is 0 Å². The number of benzene rings is 2. The van der Waals surface area contributed by atoms with Crippen molar-refractivity contribution in [3.05, 3.63) is 58.6 Å². The van der Waals surface area contributed by atoms with Gasteiger partial charge in [0, 0.05) is 21.4 Å². The SMILES string of the molecule is Cc1ccc(CSc2cc(Cl)ccc2N)cc1. The molecule has 0 spiro atoms. The zero-order chi connectivity index (χ0) is 12.3. The van der Waals surface area contributed by atoms with E-state index in [0.717, 1.165) is 21.4 Å². The summed E-state index contributed by atoms with van der Waals surface area (Å²) in [7, 11) is 0. The Morgan fingerprint density at radius 3 is 2.53 bits per heavy atom. The molecule has 0 aromatic heterocycles. The van der Waals surface area contributed by atoms with Crippen LogP contribution in [-0.4, -0.2) is 0 Å². The third kappa shape index (κ3) is 3.42. The fraction of sp³-hybridized carbons (Fsp3) is 0.143. The average molecular weight is 264 g/mol. The summed E-state index contributed by atoms with van der Waals surface area (Å²) in [5.74, 6) is 0.908. The second-order valence-corrected chi connectivity index (χ2v) is 5.41. The maximum absolute atomic E-state index is 5.95. The summed E-state index contributed by atoms with van der Waals surface area (Å²) in [5, 5.41) is 0.727. The van der Waals surface area contributed by atoms with E-state index < -0.39 is 0 Å². The normalized spacial score (nSPS) is 10.5. The molecule has 0 amide bonds. The number of hydrogen-bond donors (Lipinski definition) is 1. The highest BCUT2D eigenvalue weighted by atomic mass is 35.5. The van der Waals surface area contributed by atoms with E-state index in [1.807, 2.05) is 18.2 Å². The van der Waals surface area contributed by atoms with Crippen LogP contribution < -0.4 is 5.73 Å².